The van der Waals surface area contributed by atoms with E-state index in [1.807, 2.05) is 0 Å². The van der Waals surface area contributed by atoms with E-state index < -0.39 is 12.0 Å². The Morgan fingerprint density at radius 1 is 1.26 bits per heavy atom. The van der Waals surface area contributed by atoms with Gasteiger partial charge in [-0.15, -0.1) is 0 Å². The van der Waals surface area contributed by atoms with Gasteiger partial charge in [-0.25, -0.2) is 4.79 Å². The highest BCUT2D eigenvalue weighted by atomic mass is 16.5. The van der Waals surface area contributed by atoms with Crippen molar-refractivity contribution in [3.63, 3.8) is 0 Å². The van der Waals surface area contributed by atoms with Crippen LogP contribution in [0.15, 0.2) is 24.3 Å². The molecule has 1 aromatic rings. The van der Waals surface area contributed by atoms with E-state index in [4.69, 9.17) is 4.74 Å². The van der Waals surface area contributed by atoms with Gasteiger partial charge < -0.3 is 19.6 Å². The number of morpholine rings is 1. The number of carboxylic acids is 1. The van der Waals surface area contributed by atoms with E-state index in [1.165, 1.54) is 4.90 Å². The molecule has 0 saturated carbocycles. The van der Waals surface area contributed by atoms with Crippen molar-refractivity contribution in [1.29, 1.82) is 0 Å². The summed E-state index contributed by atoms with van der Waals surface area (Å²) in [5, 5.41) is 9.24. The molecule has 2 amide bonds. The van der Waals surface area contributed by atoms with Crippen LogP contribution in [0.2, 0.25) is 0 Å². The predicted octanol–water partition coefficient (Wildman–Crippen LogP) is 0.739. The highest BCUT2D eigenvalue weighted by Crippen LogP contribution is 2.23. The van der Waals surface area contributed by atoms with E-state index in [2.05, 4.69) is 0 Å². The van der Waals surface area contributed by atoms with Crippen LogP contribution >= 0.6 is 0 Å². The van der Waals surface area contributed by atoms with Gasteiger partial charge in [-0.2, -0.15) is 0 Å². The quantitative estimate of drug-likeness (QED) is 0.888. The molecule has 0 bridgehead atoms. The maximum Gasteiger partial charge on any atom is 0.328 e. The molecule has 0 radical (unpaired) electrons. The summed E-state index contributed by atoms with van der Waals surface area (Å²) in [5.74, 6) is -1.39. The number of benzene rings is 1. The first kappa shape index (κ1) is 15.5. The number of aliphatic carboxylic acids is 1. The van der Waals surface area contributed by atoms with Crippen LogP contribution in [0.3, 0.4) is 0 Å². The molecule has 2 fully saturated rings. The second-order valence-corrected chi connectivity index (χ2v) is 5.63. The first-order chi connectivity index (χ1) is 11.1. The Labute approximate surface area is 133 Å². The van der Waals surface area contributed by atoms with Gasteiger partial charge in [0.1, 0.15) is 0 Å². The summed E-state index contributed by atoms with van der Waals surface area (Å²) >= 11 is 0. The lowest BCUT2D eigenvalue weighted by Crippen LogP contribution is -2.52. The number of rotatable bonds is 3. The van der Waals surface area contributed by atoms with E-state index in [9.17, 15) is 19.5 Å². The maximum atomic E-state index is 12.7. The number of amides is 2. The summed E-state index contributed by atoms with van der Waals surface area (Å²) in [5.41, 5.74) is 1.06. The normalized spacial score (nSPS) is 21.6. The Balaban J connectivity index is 1.84. The Morgan fingerprint density at radius 2 is 2.09 bits per heavy atom. The van der Waals surface area contributed by atoms with Gasteiger partial charge in [0.05, 0.1) is 13.2 Å². The van der Waals surface area contributed by atoms with Crippen molar-refractivity contribution in [3.8, 4) is 0 Å². The van der Waals surface area contributed by atoms with Crippen molar-refractivity contribution >= 4 is 23.5 Å². The summed E-state index contributed by atoms with van der Waals surface area (Å²) in [6, 6.07) is 5.81. The lowest BCUT2D eigenvalue weighted by molar-refractivity contribution is -0.147. The molecular formula is C16H18N2O5. The number of carbonyl (C=O) groups excluding carboxylic acids is 2. The molecule has 3 rings (SSSR count). The van der Waals surface area contributed by atoms with Crippen molar-refractivity contribution in [1.82, 2.24) is 4.90 Å². The monoisotopic (exact) mass is 318 g/mol. The lowest BCUT2D eigenvalue weighted by Gasteiger charge is -2.33. The third kappa shape index (κ3) is 3.05. The molecule has 2 aliphatic heterocycles. The summed E-state index contributed by atoms with van der Waals surface area (Å²) in [6.07, 6.45) is 1.32. The molecule has 1 aromatic carbocycles. The van der Waals surface area contributed by atoms with Gasteiger partial charge in [-0.1, -0.05) is 6.07 Å². The van der Waals surface area contributed by atoms with Crippen molar-refractivity contribution < 1.29 is 24.2 Å². The van der Waals surface area contributed by atoms with E-state index in [0.717, 1.165) is 6.42 Å². The number of anilines is 1. The molecule has 7 heteroatoms. The molecule has 122 valence electrons. The molecule has 7 nitrogen and oxygen atoms in total. The average molecular weight is 318 g/mol. The van der Waals surface area contributed by atoms with E-state index in [-0.39, 0.29) is 25.0 Å². The lowest BCUT2D eigenvalue weighted by atomic mass is 10.1. The highest BCUT2D eigenvalue weighted by Gasteiger charge is 2.33. The average Bonchev–Trinajstić information content (AvgIpc) is 3.00. The fraction of sp³-hybridized carbons (Fsp3) is 0.438. The molecule has 23 heavy (non-hydrogen) atoms. The molecule has 2 heterocycles. The van der Waals surface area contributed by atoms with Crippen molar-refractivity contribution in [2.45, 2.75) is 18.9 Å². The fourth-order valence-electron chi connectivity index (χ4n) is 2.95. The maximum absolute atomic E-state index is 12.7. The standard InChI is InChI=1S/C16H18N2O5/c19-14-5-2-6-17(14)12-4-1-3-11(9-12)15(20)18-7-8-23-10-13(18)16(21)22/h1,3-4,9,13H,2,5-8,10H2,(H,21,22)/t13-/m1/s1. The third-order valence-corrected chi connectivity index (χ3v) is 4.15. The summed E-state index contributed by atoms with van der Waals surface area (Å²) in [6.45, 7) is 1.19. The Morgan fingerprint density at radius 3 is 2.78 bits per heavy atom. The second-order valence-electron chi connectivity index (χ2n) is 5.63. The molecule has 1 N–H and O–H groups in total. The van der Waals surface area contributed by atoms with Gasteiger partial charge in [-0.05, 0) is 24.6 Å². The van der Waals surface area contributed by atoms with Gasteiger partial charge >= 0.3 is 5.97 Å². The summed E-state index contributed by atoms with van der Waals surface area (Å²) in [7, 11) is 0. The Kier molecular flexibility index (Phi) is 4.29. The molecule has 0 spiro atoms. The molecule has 0 aromatic heterocycles. The van der Waals surface area contributed by atoms with Crippen LogP contribution in [0.5, 0.6) is 0 Å². The first-order valence-electron chi connectivity index (χ1n) is 7.60. The van der Waals surface area contributed by atoms with Crippen LogP contribution in [0.25, 0.3) is 0 Å². The SMILES string of the molecule is O=C(O)[C@H]1COCCN1C(=O)c1cccc(N2CCCC2=O)c1. The van der Waals surface area contributed by atoms with E-state index in [1.54, 1.807) is 29.2 Å². The Hall–Kier alpha value is -2.41. The number of carbonyl (C=O) groups is 3. The van der Waals surface area contributed by atoms with Crippen LogP contribution in [0, 0.1) is 0 Å². The van der Waals surface area contributed by atoms with Crippen molar-refractivity contribution in [3.05, 3.63) is 29.8 Å². The van der Waals surface area contributed by atoms with E-state index in [0.29, 0.717) is 30.8 Å². The largest absolute Gasteiger partial charge is 0.480 e. The third-order valence-electron chi connectivity index (χ3n) is 4.15. The number of nitrogens with zero attached hydrogens (tertiary/aromatic N) is 2. The molecule has 1 atom stereocenters. The molecular weight excluding hydrogens is 300 g/mol. The van der Waals surface area contributed by atoms with Crippen molar-refractivity contribution in [2.24, 2.45) is 0 Å². The van der Waals surface area contributed by atoms with Gasteiger partial charge in [0.2, 0.25) is 5.91 Å². The summed E-state index contributed by atoms with van der Waals surface area (Å²) in [4.78, 5) is 38.8. The van der Waals surface area contributed by atoms with Gasteiger partial charge in [0, 0.05) is 30.8 Å². The molecule has 0 unspecified atom stereocenters. The number of ether oxygens (including phenoxy) is 1. The minimum atomic E-state index is -1.08. The van der Waals surface area contributed by atoms with Gasteiger partial charge in [-0.3, -0.25) is 9.59 Å². The van der Waals surface area contributed by atoms with Crippen LogP contribution in [0.4, 0.5) is 5.69 Å². The molecule has 2 aliphatic rings. The van der Waals surface area contributed by atoms with Crippen LogP contribution in [-0.2, 0) is 14.3 Å². The fourth-order valence-corrected chi connectivity index (χ4v) is 2.95. The molecule has 2 saturated heterocycles. The van der Waals surface area contributed by atoms with E-state index >= 15 is 0 Å². The topological polar surface area (TPSA) is 87.2 Å². The zero-order chi connectivity index (χ0) is 16.4. The molecule has 0 aliphatic carbocycles. The van der Waals surface area contributed by atoms with Crippen LogP contribution in [-0.4, -0.2) is 60.1 Å². The number of carboxylic acid groups (broad SMARTS) is 1. The second kappa shape index (κ2) is 6.37. The zero-order valence-electron chi connectivity index (χ0n) is 12.6. The predicted molar refractivity (Wildman–Crippen MR) is 81.3 cm³/mol. The minimum absolute atomic E-state index is 0.00856. The van der Waals surface area contributed by atoms with Gasteiger partial charge in [0.15, 0.2) is 6.04 Å². The highest BCUT2D eigenvalue weighted by molar-refractivity contribution is 6.00. The van der Waals surface area contributed by atoms with Crippen LogP contribution < -0.4 is 4.90 Å². The summed E-state index contributed by atoms with van der Waals surface area (Å²) < 4.78 is 5.15. The zero-order valence-corrected chi connectivity index (χ0v) is 12.6. The van der Waals surface area contributed by atoms with Gasteiger partial charge in [0.25, 0.3) is 5.91 Å². The van der Waals surface area contributed by atoms with Crippen molar-refractivity contribution in [2.75, 3.05) is 31.2 Å². The number of hydrogen-bond donors (Lipinski definition) is 1. The number of hydrogen-bond acceptors (Lipinski definition) is 4. The Bertz CT molecular complexity index is 645. The van der Waals surface area contributed by atoms with Crippen LogP contribution in [0.1, 0.15) is 23.2 Å². The minimum Gasteiger partial charge on any atom is -0.480 e. The smallest absolute Gasteiger partial charge is 0.328 e. The first-order valence-corrected chi connectivity index (χ1v) is 7.60.